The molecule has 2 aromatic carbocycles. The smallest absolute Gasteiger partial charge is 0.293 e. The van der Waals surface area contributed by atoms with Crippen LogP contribution in [0, 0.1) is 6.92 Å². The molecule has 11 heteroatoms. The molecule has 46 heavy (non-hydrogen) atoms. The lowest BCUT2D eigenvalue weighted by Gasteiger charge is -2.32. The summed E-state index contributed by atoms with van der Waals surface area (Å²) in [4.78, 5) is 49.8. The second-order valence-corrected chi connectivity index (χ2v) is 13.4. The van der Waals surface area contributed by atoms with Crippen molar-refractivity contribution in [3.63, 3.8) is 0 Å². The molecule has 0 saturated carbocycles. The largest absolute Gasteiger partial charge is 0.347 e. The van der Waals surface area contributed by atoms with Crippen molar-refractivity contribution < 1.29 is 9.59 Å². The van der Waals surface area contributed by atoms with Crippen LogP contribution in [-0.4, -0.2) is 58.4 Å². The Labute approximate surface area is 282 Å². The van der Waals surface area contributed by atoms with Crippen LogP contribution in [0.3, 0.4) is 0 Å². The Bertz CT molecular complexity index is 1750. The monoisotopic (exact) mass is 660 g/mol. The molecule has 2 amide bonds. The third-order valence-electron chi connectivity index (χ3n) is 8.54. The molecule has 1 unspecified atom stereocenters. The number of hydrogen-bond acceptors (Lipinski definition) is 7. The summed E-state index contributed by atoms with van der Waals surface area (Å²) in [5, 5.41) is 6.28. The fourth-order valence-electron chi connectivity index (χ4n) is 5.63. The Morgan fingerprint density at radius 3 is 2.37 bits per heavy atom. The SMILES string of the molecule is Cc1c(NC(=O)c2cc3c(s2)CCCC3)cccc1-c1cn(C)c(=O)c(Nc2ccc(C(C(=O)N(C)C)N(C)C(C)C)cc2)n1.S. The van der Waals surface area contributed by atoms with E-state index in [2.05, 4.69) is 24.5 Å². The van der Waals surface area contributed by atoms with E-state index in [1.165, 1.54) is 27.8 Å². The fourth-order valence-corrected chi connectivity index (χ4v) is 6.78. The molecule has 0 fully saturated rings. The summed E-state index contributed by atoms with van der Waals surface area (Å²) in [6.07, 6.45) is 6.15. The maximum Gasteiger partial charge on any atom is 0.293 e. The quantitative estimate of drug-likeness (QED) is 0.220. The summed E-state index contributed by atoms with van der Waals surface area (Å²) in [6.45, 7) is 6.06. The molecule has 4 aromatic rings. The molecule has 1 aliphatic rings. The summed E-state index contributed by atoms with van der Waals surface area (Å²) < 4.78 is 1.50. The molecule has 2 aromatic heterocycles. The van der Waals surface area contributed by atoms with E-state index >= 15 is 0 Å². The van der Waals surface area contributed by atoms with Gasteiger partial charge < -0.3 is 20.1 Å². The first-order valence-corrected chi connectivity index (χ1v) is 16.2. The predicted octanol–water partition coefficient (Wildman–Crippen LogP) is 6.27. The molecule has 0 saturated heterocycles. The van der Waals surface area contributed by atoms with Crippen LogP contribution >= 0.6 is 24.8 Å². The van der Waals surface area contributed by atoms with Gasteiger partial charge in [0.15, 0.2) is 5.82 Å². The molecule has 1 atom stereocenters. The first kappa shape index (κ1) is 34.9. The third kappa shape index (κ3) is 7.37. The number of carbonyl (C=O) groups excluding carboxylic acids is 2. The summed E-state index contributed by atoms with van der Waals surface area (Å²) in [6, 6.07) is 15.0. The standard InChI is InChI=1S/C35H42N6O3S.H2S/c1-21(2)41(7)31(34(43)39(4)5)23-15-17-25(18-16-23)36-32-35(44)40(6)20-28(37-32)26-12-10-13-27(22(26)3)38-33(42)30-19-24-11-8-9-14-29(24)45-30;/h10,12-13,15-21,31H,8-9,11,14H2,1-7H3,(H,36,37)(H,38,42);1H2. The van der Waals surface area contributed by atoms with Gasteiger partial charge in [-0.2, -0.15) is 13.5 Å². The van der Waals surface area contributed by atoms with Crippen molar-refractivity contribution in [3.8, 4) is 11.3 Å². The molecule has 244 valence electrons. The van der Waals surface area contributed by atoms with E-state index in [1.54, 1.807) is 43.6 Å². The van der Waals surface area contributed by atoms with Crippen LogP contribution in [0.5, 0.6) is 0 Å². The number of likely N-dealkylation sites (N-methyl/N-ethyl adjacent to an activating group) is 2. The zero-order valence-corrected chi connectivity index (χ0v) is 29.4. The number of aromatic nitrogens is 2. The molecular weight excluding hydrogens is 617 g/mol. The Hall–Kier alpha value is -3.93. The van der Waals surface area contributed by atoms with Crippen LogP contribution in [0.2, 0.25) is 0 Å². The summed E-state index contributed by atoms with van der Waals surface area (Å²) in [7, 11) is 7.16. The third-order valence-corrected chi connectivity index (χ3v) is 9.77. The van der Waals surface area contributed by atoms with Crippen LogP contribution < -0.4 is 16.2 Å². The number of benzene rings is 2. The Morgan fingerprint density at radius 2 is 1.72 bits per heavy atom. The van der Waals surface area contributed by atoms with Crippen molar-refractivity contribution >= 4 is 53.8 Å². The zero-order chi connectivity index (χ0) is 32.4. The highest BCUT2D eigenvalue weighted by Crippen LogP contribution is 2.32. The molecule has 9 nitrogen and oxygen atoms in total. The number of fused-ring (bicyclic) bond motifs is 1. The van der Waals surface area contributed by atoms with Crippen molar-refractivity contribution in [2.24, 2.45) is 7.05 Å². The van der Waals surface area contributed by atoms with Gasteiger partial charge in [-0.15, -0.1) is 11.3 Å². The fraction of sp³-hybridized carbons (Fsp3) is 0.371. The number of carbonyl (C=O) groups is 2. The lowest BCUT2D eigenvalue weighted by atomic mass is 9.99. The minimum Gasteiger partial charge on any atom is -0.347 e. The first-order valence-electron chi connectivity index (χ1n) is 15.3. The molecule has 2 N–H and O–H groups in total. The molecule has 0 aliphatic heterocycles. The van der Waals surface area contributed by atoms with Crippen LogP contribution in [0.4, 0.5) is 17.2 Å². The number of nitrogens with one attached hydrogen (secondary N) is 2. The molecule has 0 radical (unpaired) electrons. The minimum absolute atomic E-state index is 0. The highest BCUT2D eigenvalue weighted by atomic mass is 32.1. The van der Waals surface area contributed by atoms with Crippen LogP contribution in [0.25, 0.3) is 11.3 Å². The van der Waals surface area contributed by atoms with Crippen LogP contribution in [0.1, 0.15) is 64.0 Å². The summed E-state index contributed by atoms with van der Waals surface area (Å²) in [5.41, 5.74) is 5.56. The van der Waals surface area contributed by atoms with Crippen molar-refractivity contribution in [2.45, 2.75) is 58.5 Å². The number of amides is 2. The average molecular weight is 661 g/mol. The maximum atomic E-state index is 13.2. The Morgan fingerprint density at radius 1 is 1.02 bits per heavy atom. The van der Waals surface area contributed by atoms with Gasteiger partial charge in [-0.25, -0.2) is 4.98 Å². The Kier molecular flexibility index (Phi) is 11.1. The minimum atomic E-state index is -0.427. The Balaban J connectivity index is 0.00000480. The number of rotatable bonds is 9. The van der Waals surface area contributed by atoms with E-state index in [0.717, 1.165) is 34.4 Å². The number of nitrogens with zero attached hydrogens (tertiary/aromatic N) is 4. The first-order chi connectivity index (χ1) is 21.4. The van der Waals surface area contributed by atoms with E-state index in [-0.39, 0.29) is 42.7 Å². The second-order valence-electron chi connectivity index (χ2n) is 12.2. The number of thiophene rings is 1. The lowest BCUT2D eigenvalue weighted by molar-refractivity contribution is -0.134. The van der Waals surface area contributed by atoms with E-state index < -0.39 is 6.04 Å². The van der Waals surface area contributed by atoms with Crippen molar-refractivity contribution in [3.05, 3.63) is 91.5 Å². The van der Waals surface area contributed by atoms with E-state index in [9.17, 15) is 14.4 Å². The van der Waals surface area contributed by atoms with Gasteiger partial charge in [0.1, 0.15) is 6.04 Å². The van der Waals surface area contributed by atoms with E-state index in [1.807, 2.05) is 67.4 Å². The molecule has 2 heterocycles. The summed E-state index contributed by atoms with van der Waals surface area (Å²) in [5.74, 6) is 0.0717. The van der Waals surface area contributed by atoms with Gasteiger partial charge in [0.05, 0.1) is 10.6 Å². The number of aryl methyl sites for hydroxylation is 3. The number of anilines is 3. The maximum absolute atomic E-state index is 13.2. The van der Waals surface area contributed by atoms with Gasteiger partial charge in [-0.05, 0) is 94.5 Å². The molecule has 0 spiro atoms. The summed E-state index contributed by atoms with van der Waals surface area (Å²) >= 11 is 1.59. The van der Waals surface area contributed by atoms with Crippen molar-refractivity contribution in [2.75, 3.05) is 31.8 Å². The van der Waals surface area contributed by atoms with E-state index in [0.29, 0.717) is 17.1 Å². The van der Waals surface area contributed by atoms with Gasteiger partial charge in [0, 0.05) is 55.2 Å². The van der Waals surface area contributed by atoms with E-state index in [4.69, 9.17) is 4.98 Å². The van der Waals surface area contributed by atoms with Crippen LogP contribution in [0.15, 0.2) is 59.5 Å². The van der Waals surface area contributed by atoms with Crippen molar-refractivity contribution in [1.82, 2.24) is 19.4 Å². The lowest BCUT2D eigenvalue weighted by Crippen LogP contribution is -2.41. The molecule has 1 aliphatic carbocycles. The normalized spacial score (nSPS) is 13.2. The molecule has 0 bridgehead atoms. The van der Waals surface area contributed by atoms with Crippen LogP contribution in [-0.2, 0) is 24.7 Å². The van der Waals surface area contributed by atoms with Gasteiger partial charge in [0.2, 0.25) is 5.91 Å². The van der Waals surface area contributed by atoms with Gasteiger partial charge in [-0.1, -0.05) is 24.3 Å². The highest BCUT2D eigenvalue weighted by molar-refractivity contribution is 7.59. The topological polar surface area (TPSA) is 99.6 Å². The van der Waals surface area contributed by atoms with Gasteiger partial charge in [-0.3, -0.25) is 19.3 Å². The predicted molar refractivity (Wildman–Crippen MR) is 193 cm³/mol. The van der Waals surface area contributed by atoms with Gasteiger partial charge >= 0.3 is 0 Å². The zero-order valence-electron chi connectivity index (χ0n) is 27.6. The molecule has 5 rings (SSSR count). The second kappa shape index (κ2) is 14.7. The highest BCUT2D eigenvalue weighted by Gasteiger charge is 2.28. The molecular formula is C35H44N6O3S2. The van der Waals surface area contributed by atoms with Crippen molar-refractivity contribution in [1.29, 1.82) is 0 Å². The number of hydrogen-bond donors (Lipinski definition) is 2. The average Bonchev–Trinajstić information content (AvgIpc) is 3.46. The van der Waals surface area contributed by atoms with Gasteiger partial charge in [0.25, 0.3) is 11.5 Å².